The summed E-state index contributed by atoms with van der Waals surface area (Å²) in [6.45, 7) is 23.5. The molecule has 0 bridgehead atoms. The van der Waals surface area contributed by atoms with Crippen LogP contribution in [0.5, 0.6) is 0 Å². The molecule has 72 heavy (non-hydrogen) atoms. The summed E-state index contributed by atoms with van der Waals surface area (Å²) < 4.78 is 30.4. The first kappa shape index (κ1) is 42.2. The predicted molar refractivity (Wildman–Crippen MR) is 314 cm³/mol. The van der Waals surface area contributed by atoms with Gasteiger partial charge in [0.2, 0.25) is 0 Å². The fourth-order valence-corrected chi connectivity index (χ4v) is 15.1. The average molecular weight is 958 g/mol. The Bertz CT molecular complexity index is 3870. The van der Waals surface area contributed by atoms with Crippen LogP contribution in [0.1, 0.15) is 133 Å². The summed E-state index contributed by atoms with van der Waals surface area (Å²) in [5.74, 6) is 0. The molecule has 0 radical (unpaired) electrons. The van der Waals surface area contributed by atoms with Crippen LogP contribution in [0, 0.1) is 6.85 Å². The maximum absolute atomic E-state index is 9.28. The minimum absolute atomic E-state index is 0.0333. The molecule has 0 unspecified atom stereocenters. The molecule has 0 amide bonds. The Kier molecular flexibility index (Phi) is 8.99. The van der Waals surface area contributed by atoms with Gasteiger partial charge in [-0.2, -0.15) is 0 Å². The molecular weight excluding hydrogens is 888 g/mol. The van der Waals surface area contributed by atoms with Gasteiger partial charge in [-0.15, -0.1) is 11.3 Å². The fraction of sp³-hybridized carbons (Fsp3) is 0.294. The van der Waals surface area contributed by atoms with Crippen molar-refractivity contribution in [3.63, 3.8) is 0 Å². The second kappa shape index (κ2) is 15.3. The van der Waals surface area contributed by atoms with E-state index in [0.717, 1.165) is 70.0 Å². The molecule has 2 aliphatic heterocycles. The average Bonchev–Trinajstić information content (AvgIpc) is 3.88. The van der Waals surface area contributed by atoms with Gasteiger partial charge in [-0.3, -0.25) is 0 Å². The molecule has 3 heterocycles. The van der Waals surface area contributed by atoms with Gasteiger partial charge in [-0.05, 0) is 180 Å². The Morgan fingerprint density at radius 1 is 0.500 bits per heavy atom. The highest BCUT2D eigenvalue weighted by Crippen LogP contribution is 2.55. The van der Waals surface area contributed by atoms with Crippen LogP contribution < -0.4 is 26.2 Å². The molecule has 13 rings (SSSR count). The van der Waals surface area contributed by atoms with Crippen LogP contribution in [0.2, 0.25) is 0 Å². The normalized spacial score (nSPS) is 18.4. The second-order valence-corrected chi connectivity index (χ2v) is 26.4. The van der Waals surface area contributed by atoms with Gasteiger partial charge in [0.15, 0.2) is 0 Å². The SMILES string of the molecule is [2H]C([2H])([2H])c1cc2c3c(c1)N(c1ccc(C(C)(C)C)cc1-c1ccccc1)c1ccc(-c4cccc5sc6ccccc6c45)cc1B3c1cc3c(cc1N2c1ccc2c(c1)C(C)(C)CCC2(C)C)C(C)(C)CC3(C)C. The number of rotatable bonds is 4. The number of hydrogen-bond donors (Lipinski definition) is 0. The zero-order valence-electron chi connectivity index (χ0n) is 46.9. The van der Waals surface area contributed by atoms with Crippen LogP contribution in [0.4, 0.5) is 34.1 Å². The summed E-state index contributed by atoms with van der Waals surface area (Å²) in [5, 5.41) is 2.56. The summed E-state index contributed by atoms with van der Waals surface area (Å²) in [7, 11) is 0. The van der Waals surface area contributed by atoms with Crippen LogP contribution >= 0.6 is 11.3 Å². The maximum Gasteiger partial charge on any atom is 0.252 e. The molecule has 0 saturated heterocycles. The van der Waals surface area contributed by atoms with Crippen molar-refractivity contribution in [2.75, 3.05) is 9.80 Å². The number of aryl methyl sites for hydroxylation is 1. The van der Waals surface area contributed by atoms with Crippen molar-refractivity contribution in [2.45, 2.75) is 129 Å². The summed E-state index contributed by atoms with van der Waals surface area (Å²) in [5.41, 5.74) is 21.2. The number of benzene rings is 8. The van der Waals surface area contributed by atoms with Crippen LogP contribution in [-0.4, -0.2) is 6.71 Å². The van der Waals surface area contributed by atoms with E-state index < -0.39 is 6.85 Å². The minimum Gasteiger partial charge on any atom is -0.311 e. The van der Waals surface area contributed by atoms with Gasteiger partial charge in [-0.25, -0.2) is 0 Å². The van der Waals surface area contributed by atoms with Crippen molar-refractivity contribution in [3.8, 4) is 22.3 Å². The standard InChI is InChI=1S/C68H67BN2S/c1-41-33-58-63-59(34-41)71(55-30-26-44(64(2,3)4)36-48(55)42-19-14-13-15-20-42)56-29-25-43(46-22-18-24-61-62(46)47-21-16-17-23-60(47)72-61)35-53(56)69(63)54-38-51-52(68(11,12)40-67(51,9)10)39-57(54)70(58)45-27-28-49-50(37-45)66(7,8)32-31-65(49,5)6/h13-30,33-39H,31-32,40H2,1-12H3/i1D3. The molecule has 4 aliphatic rings. The molecule has 358 valence electrons. The zero-order valence-corrected chi connectivity index (χ0v) is 44.8. The lowest BCUT2D eigenvalue weighted by Gasteiger charge is -2.46. The quantitative estimate of drug-likeness (QED) is 0.162. The van der Waals surface area contributed by atoms with Crippen LogP contribution in [-0.2, 0) is 27.1 Å². The Hall–Kier alpha value is -6.36. The van der Waals surface area contributed by atoms with E-state index in [1.165, 1.54) is 70.0 Å². The Labute approximate surface area is 437 Å². The molecule has 0 atom stereocenters. The molecule has 0 spiro atoms. The third-order valence-corrected chi connectivity index (χ3v) is 18.7. The molecule has 2 aliphatic carbocycles. The van der Waals surface area contributed by atoms with E-state index in [9.17, 15) is 4.11 Å². The van der Waals surface area contributed by atoms with Crippen molar-refractivity contribution >= 4 is 88.7 Å². The van der Waals surface area contributed by atoms with Gasteiger partial charge in [0.1, 0.15) is 0 Å². The molecule has 8 aromatic carbocycles. The smallest absolute Gasteiger partial charge is 0.252 e. The van der Waals surface area contributed by atoms with Crippen molar-refractivity contribution in [2.24, 2.45) is 0 Å². The Balaban J connectivity index is 1.18. The Morgan fingerprint density at radius 3 is 1.90 bits per heavy atom. The lowest BCUT2D eigenvalue weighted by atomic mass is 9.33. The van der Waals surface area contributed by atoms with Crippen molar-refractivity contribution in [3.05, 3.63) is 185 Å². The summed E-state index contributed by atoms with van der Waals surface area (Å²) in [4.78, 5) is 4.91. The molecular formula is C68H67BN2S. The molecule has 0 fully saturated rings. The van der Waals surface area contributed by atoms with Crippen LogP contribution in [0.3, 0.4) is 0 Å². The number of hydrogen-bond acceptors (Lipinski definition) is 3. The number of nitrogens with zero attached hydrogens (tertiary/aromatic N) is 2. The number of thiophene rings is 1. The highest BCUT2D eigenvalue weighted by Gasteiger charge is 2.49. The van der Waals surface area contributed by atoms with E-state index in [4.69, 9.17) is 0 Å². The highest BCUT2D eigenvalue weighted by atomic mass is 32.1. The highest BCUT2D eigenvalue weighted by molar-refractivity contribution is 7.26. The topological polar surface area (TPSA) is 6.48 Å². The molecule has 0 N–H and O–H groups in total. The maximum atomic E-state index is 9.28. The summed E-state index contributed by atoms with van der Waals surface area (Å²) in [6, 6.07) is 56.8. The van der Waals surface area contributed by atoms with Gasteiger partial charge in [-0.1, -0.05) is 167 Å². The monoisotopic (exact) mass is 958 g/mol. The first-order valence-electron chi connectivity index (χ1n) is 27.8. The van der Waals surface area contributed by atoms with Crippen LogP contribution in [0.25, 0.3) is 42.4 Å². The third-order valence-electron chi connectivity index (χ3n) is 17.5. The van der Waals surface area contributed by atoms with E-state index in [1.807, 2.05) is 23.5 Å². The lowest BCUT2D eigenvalue weighted by Crippen LogP contribution is -2.61. The van der Waals surface area contributed by atoms with Crippen molar-refractivity contribution < 1.29 is 4.11 Å². The van der Waals surface area contributed by atoms with Crippen molar-refractivity contribution in [1.29, 1.82) is 0 Å². The summed E-state index contributed by atoms with van der Waals surface area (Å²) >= 11 is 1.86. The Morgan fingerprint density at radius 2 is 1.15 bits per heavy atom. The zero-order chi connectivity index (χ0) is 52.5. The molecule has 9 aromatic rings. The molecule has 0 saturated carbocycles. The van der Waals surface area contributed by atoms with Gasteiger partial charge >= 0.3 is 0 Å². The fourth-order valence-electron chi connectivity index (χ4n) is 13.9. The first-order chi connectivity index (χ1) is 35.4. The lowest BCUT2D eigenvalue weighted by molar-refractivity contribution is 0.332. The second-order valence-electron chi connectivity index (χ2n) is 25.3. The largest absolute Gasteiger partial charge is 0.311 e. The summed E-state index contributed by atoms with van der Waals surface area (Å²) in [6.07, 6.45) is 3.25. The van der Waals surface area contributed by atoms with E-state index >= 15 is 0 Å². The van der Waals surface area contributed by atoms with E-state index in [-0.39, 0.29) is 33.8 Å². The molecule has 1 aromatic heterocycles. The van der Waals surface area contributed by atoms with Gasteiger partial charge in [0, 0.05) is 58.3 Å². The molecule has 4 heteroatoms. The van der Waals surface area contributed by atoms with E-state index in [0.29, 0.717) is 5.56 Å². The van der Waals surface area contributed by atoms with E-state index in [2.05, 4.69) is 225 Å². The van der Waals surface area contributed by atoms with E-state index in [1.54, 1.807) is 0 Å². The predicted octanol–water partition coefficient (Wildman–Crippen LogP) is 17.4. The van der Waals surface area contributed by atoms with Gasteiger partial charge in [0.05, 0.1) is 5.69 Å². The van der Waals surface area contributed by atoms with Crippen LogP contribution in [0.15, 0.2) is 152 Å². The molecule has 2 nitrogen and oxygen atoms in total. The van der Waals surface area contributed by atoms with Gasteiger partial charge < -0.3 is 9.80 Å². The first-order valence-corrected chi connectivity index (χ1v) is 27.1. The number of fused-ring (bicyclic) bond motifs is 9. The third kappa shape index (κ3) is 6.73. The number of anilines is 6. The van der Waals surface area contributed by atoms with Gasteiger partial charge in [0.25, 0.3) is 6.71 Å². The van der Waals surface area contributed by atoms with Crippen molar-refractivity contribution in [1.82, 2.24) is 0 Å². The minimum atomic E-state index is -2.39.